The fourth-order valence-electron chi connectivity index (χ4n) is 3.96. The second-order valence-electron chi connectivity index (χ2n) is 7.34. The maximum atomic E-state index is 14.4. The molecular weight excluding hydrogens is 357 g/mol. The number of aromatic nitrogens is 4. The summed E-state index contributed by atoms with van der Waals surface area (Å²) in [5.74, 6) is -0.360. The first-order valence-electron chi connectivity index (χ1n) is 9.50. The van der Waals surface area contributed by atoms with Gasteiger partial charge in [-0.15, -0.1) is 0 Å². The summed E-state index contributed by atoms with van der Waals surface area (Å²) in [6.07, 6.45) is 6.77. The first kappa shape index (κ1) is 16.9. The van der Waals surface area contributed by atoms with Crippen LogP contribution in [0.1, 0.15) is 19.3 Å². The second-order valence-corrected chi connectivity index (χ2v) is 7.34. The fraction of sp³-hybridized carbons (Fsp3) is 0.286. The lowest BCUT2D eigenvalue weighted by Gasteiger charge is -2.29. The van der Waals surface area contributed by atoms with Crippen molar-refractivity contribution in [3.63, 3.8) is 0 Å². The number of hydrogen-bond acceptors (Lipinski definition) is 4. The fourth-order valence-corrected chi connectivity index (χ4v) is 3.96. The molecule has 0 N–H and O–H groups in total. The van der Waals surface area contributed by atoms with Crippen molar-refractivity contribution in [3.05, 3.63) is 59.0 Å². The minimum atomic E-state index is -0.360. The highest BCUT2D eigenvalue weighted by Crippen LogP contribution is 2.27. The van der Waals surface area contributed by atoms with E-state index in [0.717, 1.165) is 42.4 Å². The summed E-state index contributed by atoms with van der Waals surface area (Å²) < 4.78 is 17.7. The minimum absolute atomic E-state index is 0.0626. The van der Waals surface area contributed by atoms with Crippen LogP contribution in [0, 0.1) is 5.82 Å². The monoisotopic (exact) mass is 377 g/mol. The van der Waals surface area contributed by atoms with Gasteiger partial charge in [0.25, 0.3) is 5.56 Å². The van der Waals surface area contributed by atoms with Gasteiger partial charge in [-0.05, 0) is 54.7 Å². The van der Waals surface area contributed by atoms with Gasteiger partial charge in [-0.2, -0.15) is 5.10 Å². The molecule has 7 heteroatoms. The van der Waals surface area contributed by atoms with E-state index in [4.69, 9.17) is 0 Å². The van der Waals surface area contributed by atoms with Gasteiger partial charge in [0.15, 0.2) is 5.82 Å². The van der Waals surface area contributed by atoms with Gasteiger partial charge in [0.2, 0.25) is 0 Å². The van der Waals surface area contributed by atoms with Crippen LogP contribution in [0.4, 0.5) is 4.39 Å². The number of fused-ring (bicyclic) bond motifs is 2. The lowest BCUT2D eigenvalue weighted by atomic mass is 10.0. The van der Waals surface area contributed by atoms with E-state index >= 15 is 0 Å². The molecule has 0 spiro atoms. The Balaban J connectivity index is 1.59. The summed E-state index contributed by atoms with van der Waals surface area (Å²) in [5.41, 5.74) is 2.46. The molecule has 1 fully saturated rings. The van der Waals surface area contributed by atoms with E-state index in [2.05, 4.69) is 15.1 Å². The number of halogens is 1. The Hall–Kier alpha value is -3.22. The molecule has 0 atom stereocenters. The average molecular weight is 377 g/mol. The third-order valence-electron chi connectivity index (χ3n) is 5.39. The molecule has 0 saturated carbocycles. The summed E-state index contributed by atoms with van der Waals surface area (Å²) in [7, 11) is 1.77. The predicted molar refractivity (Wildman–Crippen MR) is 107 cm³/mol. The molecule has 0 unspecified atom stereocenters. The molecule has 1 aliphatic rings. The molecule has 0 radical (unpaired) electrons. The standard InChI is InChI=1S/C21H20FN5O/c1-25-12-16-9-15(10-18(22)20(16)24-25)14-5-6-17-19(11-14)23-13-27(21(17)28)26-7-3-2-4-8-26/h5-6,9-13H,2-4,7-8H2,1H3. The van der Waals surface area contributed by atoms with Crippen LogP contribution in [0.2, 0.25) is 0 Å². The molecule has 1 saturated heterocycles. The SMILES string of the molecule is Cn1cc2cc(-c3ccc4c(=O)n(N5CCCCC5)cnc4c3)cc(F)c2n1. The van der Waals surface area contributed by atoms with Gasteiger partial charge in [0, 0.05) is 31.7 Å². The third-order valence-corrected chi connectivity index (χ3v) is 5.39. The van der Waals surface area contributed by atoms with E-state index in [1.807, 2.05) is 18.2 Å². The van der Waals surface area contributed by atoms with Crippen molar-refractivity contribution >= 4 is 21.8 Å². The second kappa shape index (κ2) is 6.44. The van der Waals surface area contributed by atoms with Crippen LogP contribution in [-0.2, 0) is 7.05 Å². The first-order valence-corrected chi connectivity index (χ1v) is 9.50. The molecular formula is C21H20FN5O. The van der Waals surface area contributed by atoms with Crippen molar-refractivity contribution in [3.8, 4) is 11.1 Å². The molecule has 142 valence electrons. The Labute approximate surface area is 160 Å². The Morgan fingerprint density at radius 3 is 2.68 bits per heavy atom. The topological polar surface area (TPSA) is 56.0 Å². The van der Waals surface area contributed by atoms with Crippen molar-refractivity contribution in [1.29, 1.82) is 0 Å². The van der Waals surface area contributed by atoms with Crippen LogP contribution in [-0.4, -0.2) is 32.5 Å². The summed E-state index contributed by atoms with van der Waals surface area (Å²) in [5, 5.41) is 7.51. The Morgan fingerprint density at radius 1 is 1.04 bits per heavy atom. The summed E-state index contributed by atoms with van der Waals surface area (Å²) in [6, 6.07) is 8.86. The first-order chi connectivity index (χ1) is 13.6. The van der Waals surface area contributed by atoms with E-state index in [1.54, 1.807) is 35.0 Å². The Kier molecular flexibility index (Phi) is 3.89. The van der Waals surface area contributed by atoms with Crippen molar-refractivity contribution in [2.24, 2.45) is 7.05 Å². The summed E-state index contributed by atoms with van der Waals surface area (Å²) >= 11 is 0. The Bertz CT molecular complexity index is 1250. The number of rotatable bonds is 2. The number of piperidine rings is 1. The van der Waals surface area contributed by atoms with Crippen molar-refractivity contribution < 1.29 is 4.39 Å². The van der Waals surface area contributed by atoms with Crippen LogP contribution >= 0.6 is 0 Å². The van der Waals surface area contributed by atoms with Gasteiger partial charge >= 0.3 is 0 Å². The average Bonchev–Trinajstić information content (AvgIpc) is 3.09. The van der Waals surface area contributed by atoms with Gasteiger partial charge in [-0.3, -0.25) is 9.48 Å². The number of hydrogen-bond donors (Lipinski definition) is 0. The van der Waals surface area contributed by atoms with Crippen molar-refractivity contribution in [1.82, 2.24) is 19.4 Å². The third kappa shape index (κ3) is 2.74. The highest BCUT2D eigenvalue weighted by atomic mass is 19.1. The molecule has 0 aliphatic carbocycles. The molecule has 2 aromatic carbocycles. The van der Waals surface area contributed by atoms with Crippen molar-refractivity contribution in [2.75, 3.05) is 18.1 Å². The Morgan fingerprint density at radius 2 is 1.86 bits per heavy atom. The summed E-state index contributed by atoms with van der Waals surface area (Å²) in [4.78, 5) is 17.4. The molecule has 0 amide bonds. The van der Waals surface area contributed by atoms with Gasteiger partial charge in [0.05, 0.1) is 10.9 Å². The van der Waals surface area contributed by atoms with Crippen molar-refractivity contribution in [2.45, 2.75) is 19.3 Å². The smallest absolute Gasteiger partial charge is 0.279 e. The highest BCUT2D eigenvalue weighted by Gasteiger charge is 2.15. The van der Waals surface area contributed by atoms with Gasteiger partial charge in [0.1, 0.15) is 11.8 Å². The number of nitrogens with zero attached hydrogens (tertiary/aromatic N) is 5. The normalized spacial score (nSPS) is 14.9. The molecule has 0 bridgehead atoms. The van der Waals surface area contributed by atoms with Gasteiger partial charge < -0.3 is 5.01 Å². The molecule has 3 heterocycles. The summed E-state index contributed by atoms with van der Waals surface area (Å²) in [6.45, 7) is 1.74. The molecule has 1 aliphatic heterocycles. The van der Waals surface area contributed by atoms with E-state index in [-0.39, 0.29) is 11.4 Å². The van der Waals surface area contributed by atoms with Gasteiger partial charge in [-0.25, -0.2) is 14.1 Å². The zero-order valence-electron chi connectivity index (χ0n) is 15.6. The van der Waals surface area contributed by atoms with Gasteiger partial charge in [-0.1, -0.05) is 6.07 Å². The molecule has 5 rings (SSSR count). The van der Waals surface area contributed by atoms with E-state index < -0.39 is 0 Å². The maximum absolute atomic E-state index is 14.4. The lowest BCUT2D eigenvalue weighted by Crippen LogP contribution is -2.45. The van der Waals surface area contributed by atoms with E-state index in [9.17, 15) is 9.18 Å². The minimum Gasteiger partial charge on any atom is -0.309 e. The van der Waals surface area contributed by atoms with E-state index in [0.29, 0.717) is 16.4 Å². The number of benzene rings is 2. The maximum Gasteiger partial charge on any atom is 0.279 e. The molecule has 4 aromatic rings. The van der Waals surface area contributed by atoms with Crippen LogP contribution < -0.4 is 10.6 Å². The van der Waals surface area contributed by atoms with Crippen LogP contribution in [0.25, 0.3) is 32.9 Å². The number of aryl methyl sites for hydroxylation is 1. The molecule has 2 aromatic heterocycles. The van der Waals surface area contributed by atoms with Crippen LogP contribution in [0.5, 0.6) is 0 Å². The van der Waals surface area contributed by atoms with E-state index in [1.165, 1.54) is 12.5 Å². The molecule has 6 nitrogen and oxygen atoms in total. The van der Waals surface area contributed by atoms with Crippen LogP contribution in [0.15, 0.2) is 47.7 Å². The zero-order valence-corrected chi connectivity index (χ0v) is 15.6. The lowest BCUT2D eigenvalue weighted by molar-refractivity contribution is 0.468. The zero-order chi connectivity index (χ0) is 19.3. The van der Waals surface area contributed by atoms with Crippen LogP contribution in [0.3, 0.4) is 0 Å². The highest BCUT2D eigenvalue weighted by molar-refractivity contribution is 5.88. The largest absolute Gasteiger partial charge is 0.309 e. The quantitative estimate of drug-likeness (QED) is 0.538. The predicted octanol–water partition coefficient (Wildman–Crippen LogP) is 3.21. The molecule has 28 heavy (non-hydrogen) atoms.